The summed E-state index contributed by atoms with van der Waals surface area (Å²) in [6.07, 6.45) is 0. The zero-order chi connectivity index (χ0) is 15.5. The fraction of sp³-hybridized carbons (Fsp3) is 0.143. The molecule has 0 amide bonds. The van der Waals surface area contributed by atoms with Crippen LogP contribution >= 0.6 is 15.9 Å². The summed E-state index contributed by atoms with van der Waals surface area (Å²) in [5, 5.41) is 0. The van der Waals surface area contributed by atoms with Gasteiger partial charge in [-0.25, -0.2) is 8.42 Å². The van der Waals surface area contributed by atoms with Gasteiger partial charge in [0.25, 0.3) is 0 Å². The highest BCUT2D eigenvalue weighted by Crippen LogP contribution is 2.28. The Morgan fingerprint density at radius 2 is 1.95 bits per heavy atom. The van der Waals surface area contributed by atoms with E-state index in [1.807, 2.05) is 0 Å². The number of methoxy groups -OCH3 is 1. The lowest BCUT2D eigenvalue weighted by molar-refractivity contribution is 0.412. The number of nitrogens with two attached hydrogens (primary N) is 1. The second-order valence-electron chi connectivity index (χ2n) is 4.41. The van der Waals surface area contributed by atoms with Crippen LogP contribution in [0.1, 0.15) is 5.56 Å². The van der Waals surface area contributed by atoms with Crippen LogP contribution in [0.3, 0.4) is 0 Å². The molecule has 3 N–H and O–H groups in total. The molecule has 0 unspecified atom stereocenters. The number of para-hydroxylation sites is 1. The quantitative estimate of drug-likeness (QED) is 0.792. The van der Waals surface area contributed by atoms with Gasteiger partial charge in [0.05, 0.1) is 23.0 Å². The van der Waals surface area contributed by atoms with Crippen molar-refractivity contribution >= 4 is 37.3 Å². The number of hydrogen-bond acceptors (Lipinski definition) is 4. The van der Waals surface area contributed by atoms with Gasteiger partial charge in [-0.2, -0.15) is 0 Å². The normalized spacial score (nSPS) is 11.1. The van der Waals surface area contributed by atoms with Crippen molar-refractivity contribution < 1.29 is 13.2 Å². The molecule has 21 heavy (non-hydrogen) atoms. The second-order valence-corrected chi connectivity index (χ2v) is 6.99. The molecule has 0 heterocycles. The maximum absolute atomic E-state index is 12.2. The topological polar surface area (TPSA) is 81.4 Å². The minimum Gasteiger partial charge on any atom is -0.495 e. The van der Waals surface area contributed by atoms with E-state index in [0.29, 0.717) is 22.7 Å². The van der Waals surface area contributed by atoms with Crippen LogP contribution in [0.25, 0.3) is 0 Å². The Hall–Kier alpha value is -1.73. The Kier molecular flexibility index (Phi) is 4.74. The first-order valence-corrected chi connectivity index (χ1v) is 8.53. The van der Waals surface area contributed by atoms with Crippen LogP contribution < -0.4 is 15.2 Å². The van der Waals surface area contributed by atoms with Gasteiger partial charge in [-0.1, -0.05) is 18.2 Å². The van der Waals surface area contributed by atoms with Crippen molar-refractivity contribution in [1.82, 2.24) is 0 Å². The number of sulfonamides is 1. The lowest BCUT2D eigenvalue weighted by atomic mass is 10.2. The van der Waals surface area contributed by atoms with E-state index in [4.69, 9.17) is 10.5 Å². The molecule has 112 valence electrons. The average molecular weight is 371 g/mol. The summed E-state index contributed by atoms with van der Waals surface area (Å²) >= 11 is 3.31. The third-order valence-electron chi connectivity index (χ3n) is 2.83. The van der Waals surface area contributed by atoms with Crippen LogP contribution in [0, 0.1) is 0 Å². The van der Waals surface area contributed by atoms with E-state index < -0.39 is 10.0 Å². The number of hydrogen-bond donors (Lipinski definition) is 2. The molecule has 5 nitrogen and oxygen atoms in total. The van der Waals surface area contributed by atoms with Crippen molar-refractivity contribution in [2.45, 2.75) is 5.75 Å². The van der Waals surface area contributed by atoms with E-state index in [1.165, 1.54) is 7.11 Å². The summed E-state index contributed by atoms with van der Waals surface area (Å²) in [7, 11) is -2.03. The minimum absolute atomic E-state index is 0.182. The van der Waals surface area contributed by atoms with E-state index in [1.54, 1.807) is 42.5 Å². The molecule has 7 heteroatoms. The molecular weight excluding hydrogens is 356 g/mol. The first-order valence-electron chi connectivity index (χ1n) is 6.09. The van der Waals surface area contributed by atoms with Crippen LogP contribution in [0.4, 0.5) is 11.4 Å². The molecule has 2 aromatic rings. The van der Waals surface area contributed by atoms with Gasteiger partial charge in [-0.05, 0) is 39.7 Å². The lowest BCUT2D eigenvalue weighted by Crippen LogP contribution is -2.16. The molecule has 0 saturated heterocycles. The van der Waals surface area contributed by atoms with Crippen LogP contribution in [0.15, 0.2) is 46.9 Å². The fourth-order valence-corrected chi connectivity index (χ4v) is 3.45. The number of nitrogen functional groups attached to an aromatic ring is 1. The molecule has 0 atom stereocenters. The average Bonchev–Trinajstić information content (AvgIpc) is 2.43. The molecular formula is C14H15BrN2O3S. The van der Waals surface area contributed by atoms with Crippen molar-refractivity contribution in [2.24, 2.45) is 0 Å². The van der Waals surface area contributed by atoms with Crippen LogP contribution in [-0.4, -0.2) is 15.5 Å². The highest BCUT2D eigenvalue weighted by Gasteiger charge is 2.14. The third-order valence-corrected chi connectivity index (χ3v) is 4.72. The van der Waals surface area contributed by atoms with Crippen molar-refractivity contribution in [3.63, 3.8) is 0 Å². The molecule has 0 spiro atoms. The van der Waals surface area contributed by atoms with Gasteiger partial charge in [-0.15, -0.1) is 0 Å². The largest absolute Gasteiger partial charge is 0.495 e. The highest BCUT2D eigenvalue weighted by molar-refractivity contribution is 9.10. The highest BCUT2D eigenvalue weighted by atomic mass is 79.9. The number of rotatable bonds is 5. The molecule has 0 aliphatic heterocycles. The number of benzene rings is 2. The van der Waals surface area contributed by atoms with Gasteiger partial charge in [0.2, 0.25) is 10.0 Å². The molecule has 0 aliphatic carbocycles. The Morgan fingerprint density at radius 3 is 2.62 bits per heavy atom. The van der Waals surface area contributed by atoms with Gasteiger partial charge >= 0.3 is 0 Å². The molecule has 2 aromatic carbocycles. The SMILES string of the molecule is COc1cc(NS(=O)(=O)Cc2ccccc2N)ccc1Br. The monoisotopic (exact) mass is 370 g/mol. The van der Waals surface area contributed by atoms with Crippen molar-refractivity contribution in [1.29, 1.82) is 0 Å². The smallest absolute Gasteiger partial charge is 0.236 e. The second kappa shape index (κ2) is 6.36. The van der Waals surface area contributed by atoms with Crippen LogP contribution in [0.5, 0.6) is 5.75 Å². The van der Waals surface area contributed by atoms with Gasteiger partial charge in [0.15, 0.2) is 0 Å². The van der Waals surface area contributed by atoms with Crippen molar-refractivity contribution in [3.05, 3.63) is 52.5 Å². The Balaban J connectivity index is 2.20. The van der Waals surface area contributed by atoms with E-state index >= 15 is 0 Å². The number of anilines is 2. The Bertz CT molecular complexity index is 748. The summed E-state index contributed by atoms with van der Waals surface area (Å²) in [6.45, 7) is 0. The standard InChI is InChI=1S/C14H15BrN2O3S/c1-20-14-8-11(6-7-12(14)15)17-21(18,19)9-10-4-2-3-5-13(10)16/h2-8,17H,9,16H2,1H3. The molecule has 0 aromatic heterocycles. The maximum Gasteiger partial charge on any atom is 0.236 e. The summed E-state index contributed by atoms with van der Waals surface area (Å²) in [6, 6.07) is 11.9. The van der Waals surface area contributed by atoms with Crippen LogP contribution in [0.2, 0.25) is 0 Å². The van der Waals surface area contributed by atoms with Gasteiger partial charge < -0.3 is 10.5 Å². The van der Waals surface area contributed by atoms with Gasteiger partial charge in [-0.3, -0.25) is 4.72 Å². The first kappa shape index (κ1) is 15.7. The molecule has 0 saturated carbocycles. The van der Waals surface area contributed by atoms with Gasteiger partial charge in [0.1, 0.15) is 5.75 Å². The Morgan fingerprint density at radius 1 is 1.24 bits per heavy atom. The fourth-order valence-electron chi connectivity index (χ4n) is 1.81. The van der Waals surface area contributed by atoms with Crippen molar-refractivity contribution in [2.75, 3.05) is 17.6 Å². The summed E-state index contributed by atoms with van der Waals surface area (Å²) in [5.74, 6) is 0.368. The predicted octanol–water partition coefficient (Wildman–Crippen LogP) is 2.98. The zero-order valence-electron chi connectivity index (χ0n) is 11.3. The maximum atomic E-state index is 12.2. The van der Waals surface area contributed by atoms with E-state index in [9.17, 15) is 8.42 Å². The summed E-state index contributed by atoms with van der Waals surface area (Å²) in [4.78, 5) is 0. The minimum atomic E-state index is -3.55. The summed E-state index contributed by atoms with van der Waals surface area (Å²) < 4.78 is 32.8. The number of halogens is 1. The van der Waals surface area contributed by atoms with E-state index in [2.05, 4.69) is 20.7 Å². The van der Waals surface area contributed by atoms with Gasteiger partial charge in [0, 0.05) is 11.8 Å². The molecule has 0 bridgehead atoms. The first-order chi connectivity index (χ1) is 9.91. The zero-order valence-corrected chi connectivity index (χ0v) is 13.7. The molecule has 0 aliphatic rings. The van der Waals surface area contributed by atoms with E-state index in [0.717, 1.165) is 4.47 Å². The number of ether oxygens (including phenoxy) is 1. The predicted molar refractivity (Wildman–Crippen MR) is 87.8 cm³/mol. The van der Waals surface area contributed by atoms with Crippen LogP contribution in [-0.2, 0) is 15.8 Å². The molecule has 0 fully saturated rings. The number of nitrogens with one attached hydrogen (secondary N) is 1. The summed E-state index contributed by atoms with van der Waals surface area (Å²) in [5.41, 5.74) is 7.22. The lowest BCUT2D eigenvalue weighted by Gasteiger charge is -2.11. The van der Waals surface area contributed by atoms with E-state index in [-0.39, 0.29) is 5.75 Å². The molecule has 0 radical (unpaired) electrons. The molecule has 2 rings (SSSR count). The van der Waals surface area contributed by atoms with Crippen molar-refractivity contribution in [3.8, 4) is 5.75 Å². The third kappa shape index (κ3) is 4.12. The Labute approximate surface area is 132 Å².